The lowest BCUT2D eigenvalue weighted by atomic mass is 10.2. The van der Waals surface area contributed by atoms with Crippen molar-refractivity contribution >= 4 is 28.9 Å². The number of hydrogen-bond acceptors (Lipinski definition) is 2. The maximum Gasteiger partial charge on any atom is 0.160 e. The van der Waals surface area contributed by atoms with Crippen LogP contribution < -0.4 is 5.32 Å². The first-order chi connectivity index (χ1) is 8.16. The summed E-state index contributed by atoms with van der Waals surface area (Å²) in [6.07, 6.45) is 3.42. The van der Waals surface area contributed by atoms with Crippen molar-refractivity contribution in [1.29, 1.82) is 0 Å². The van der Waals surface area contributed by atoms with Crippen LogP contribution in [0, 0.1) is 5.82 Å². The second-order valence-electron chi connectivity index (χ2n) is 3.46. The fourth-order valence-corrected chi connectivity index (χ4v) is 1.85. The van der Waals surface area contributed by atoms with Crippen LogP contribution in [0.2, 0.25) is 10.0 Å². The molecule has 0 radical (unpaired) electrons. The molecule has 0 saturated heterocycles. The van der Waals surface area contributed by atoms with E-state index in [1.165, 1.54) is 12.1 Å². The Morgan fingerprint density at radius 2 is 1.71 bits per heavy atom. The Morgan fingerprint density at radius 3 is 2.29 bits per heavy atom. The second-order valence-corrected chi connectivity index (χ2v) is 4.28. The zero-order chi connectivity index (χ0) is 12.3. The summed E-state index contributed by atoms with van der Waals surface area (Å²) >= 11 is 11.4. The molecule has 2 rings (SSSR count). The molecule has 0 aliphatic carbocycles. The van der Waals surface area contributed by atoms with Crippen LogP contribution >= 0.6 is 23.2 Å². The van der Waals surface area contributed by atoms with Gasteiger partial charge in [-0.15, -0.1) is 0 Å². The summed E-state index contributed by atoms with van der Waals surface area (Å²) < 4.78 is 13.2. The lowest BCUT2D eigenvalue weighted by molar-refractivity contribution is 0.629. The highest BCUT2D eigenvalue weighted by Gasteiger charge is 2.07. The number of nitrogens with one attached hydrogen (secondary N) is 1. The monoisotopic (exact) mass is 270 g/mol. The van der Waals surface area contributed by atoms with E-state index in [0.29, 0.717) is 12.2 Å². The van der Waals surface area contributed by atoms with Crippen LogP contribution in [0.4, 0.5) is 10.1 Å². The molecule has 0 bridgehead atoms. The largest absolute Gasteiger partial charge is 0.381 e. The highest BCUT2D eigenvalue weighted by Crippen LogP contribution is 2.27. The smallest absolute Gasteiger partial charge is 0.160 e. The van der Waals surface area contributed by atoms with Gasteiger partial charge in [0.05, 0.1) is 10.0 Å². The summed E-state index contributed by atoms with van der Waals surface area (Å²) in [5.41, 5.74) is 1.75. The Hall–Kier alpha value is -1.32. The van der Waals surface area contributed by atoms with Gasteiger partial charge in [0.1, 0.15) is 0 Å². The number of rotatable bonds is 3. The van der Waals surface area contributed by atoms with E-state index in [4.69, 9.17) is 23.2 Å². The lowest BCUT2D eigenvalue weighted by Gasteiger charge is -2.08. The first-order valence-corrected chi connectivity index (χ1v) is 5.70. The summed E-state index contributed by atoms with van der Waals surface area (Å²) in [6.45, 7) is 0.598. The summed E-state index contributed by atoms with van der Waals surface area (Å²) in [6, 6.07) is 6.79. The molecule has 0 aliphatic rings. The molecule has 0 atom stereocenters. The molecule has 0 saturated carbocycles. The average molecular weight is 271 g/mol. The van der Waals surface area contributed by atoms with Crippen LogP contribution in [0.15, 0.2) is 36.7 Å². The lowest BCUT2D eigenvalue weighted by Crippen LogP contribution is -1.99. The first kappa shape index (κ1) is 12.1. The minimum absolute atomic E-state index is 0.00901. The van der Waals surface area contributed by atoms with Gasteiger partial charge in [0.25, 0.3) is 0 Å². The number of anilines is 1. The highest BCUT2D eigenvalue weighted by atomic mass is 35.5. The predicted octanol–water partition coefficient (Wildman–Crippen LogP) is 4.14. The van der Waals surface area contributed by atoms with Gasteiger partial charge >= 0.3 is 0 Å². The molecule has 0 amide bonds. The van der Waals surface area contributed by atoms with Crippen molar-refractivity contribution in [3.63, 3.8) is 0 Å². The maximum atomic E-state index is 13.2. The number of pyridine rings is 1. The van der Waals surface area contributed by atoms with Gasteiger partial charge in [-0.05, 0) is 29.8 Å². The van der Waals surface area contributed by atoms with Gasteiger partial charge in [-0.1, -0.05) is 23.2 Å². The van der Waals surface area contributed by atoms with Gasteiger partial charge < -0.3 is 5.32 Å². The first-order valence-electron chi connectivity index (χ1n) is 4.94. The van der Waals surface area contributed by atoms with Crippen molar-refractivity contribution < 1.29 is 4.39 Å². The van der Waals surface area contributed by atoms with Crippen LogP contribution in [-0.2, 0) is 6.54 Å². The third kappa shape index (κ3) is 3.08. The summed E-state index contributed by atoms with van der Waals surface area (Å²) in [5.74, 6) is -0.595. The average Bonchev–Trinajstić information content (AvgIpc) is 2.34. The normalized spacial score (nSPS) is 10.3. The molecule has 1 aromatic carbocycles. The molecule has 2 nitrogen and oxygen atoms in total. The van der Waals surface area contributed by atoms with Crippen LogP contribution in [0.3, 0.4) is 0 Å². The van der Waals surface area contributed by atoms with Crippen molar-refractivity contribution in [2.45, 2.75) is 6.54 Å². The molecular weight excluding hydrogens is 262 g/mol. The fraction of sp³-hybridized carbons (Fsp3) is 0.0833. The van der Waals surface area contributed by atoms with E-state index in [1.54, 1.807) is 12.4 Å². The van der Waals surface area contributed by atoms with Crippen LogP contribution in [-0.4, -0.2) is 4.98 Å². The van der Waals surface area contributed by atoms with E-state index < -0.39 is 5.82 Å². The number of hydrogen-bond donors (Lipinski definition) is 1. The molecule has 17 heavy (non-hydrogen) atoms. The molecule has 5 heteroatoms. The quantitative estimate of drug-likeness (QED) is 0.848. The van der Waals surface area contributed by atoms with Gasteiger partial charge in [-0.2, -0.15) is 0 Å². The van der Waals surface area contributed by atoms with Gasteiger partial charge in [0, 0.05) is 24.6 Å². The Labute approximate surface area is 108 Å². The van der Waals surface area contributed by atoms with Crippen LogP contribution in [0.1, 0.15) is 5.56 Å². The van der Waals surface area contributed by atoms with E-state index >= 15 is 0 Å². The van der Waals surface area contributed by atoms with Gasteiger partial charge in [-0.3, -0.25) is 4.98 Å². The molecule has 0 spiro atoms. The number of benzene rings is 1. The summed E-state index contributed by atoms with van der Waals surface area (Å²) in [5, 5.41) is 3.12. The second kappa shape index (κ2) is 5.34. The molecule has 0 fully saturated rings. The Bertz CT molecular complexity index is 494. The molecular formula is C12H9Cl2FN2. The third-order valence-corrected chi connectivity index (χ3v) is 2.78. The van der Waals surface area contributed by atoms with Crippen LogP contribution in [0.25, 0.3) is 0 Å². The van der Waals surface area contributed by atoms with Crippen molar-refractivity contribution in [3.05, 3.63) is 58.1 Å². The maximum absolute atomic E-state index is 13.2. The standard InChI is InChI=1S/C12H9Cl2FN2/c13-10-5-9(6-11(14)12(10)15)17-7-8-1-3-16-4-2-8/h1-6,17H,7H2. The van der Waals surface area contributed by atoms with Crippen molar-refractivity contribution in [1.82, 2.24) is 4.98 Å². The highest BCUT2D eigenvalue weighted by molar-refractivity contribution is 6.35. The van der Waals surface area contributed by atoms with Crippen molar-refractivity contribution in [2.24, 2.45) is 0 Å². The summed E-state index contributed by atoms with van der Waals surface area (Å²) in [7, 11) is 0. The topological polar surface area (TPSA) is 24.9 Å². The van der Waals surface area contributed by atoms with Gasteiger partial charge in [-0.25, -0.2) is 4.39 Å². The van der Waals surface area contributed by atoms with E-state index in [1.807, 2.05) is 12.1 Å². The van der Waals surface area contributed by atoms with E-state index in [9.17, 15) is 4.39 Å². The number of halogens is 3. The third-order valence-electron chi connectivity index (χ3n) is 2.23. The molecule has 0 unspecified atom stereocenters. The molecule has 1 N–H and O–H groups in total. The number of aromatic nitrogens is 1. The van der Waals surface area contributed by atoms with E-state index in [-0.39, 0.29) is 10.0 Å². The molecule has 1 heterocycles. The van der Waals surface area contributed by atoms with Gasteiger partial charge in [0.2, 0.25) is 0 Å². The predicted molar refractivity (Wildman–Crippen MR) is 68.0 cm³/mol. The Morgan fingerprint density at radius 1 is 1.12 bits per heavy atom. The minimum atomic E-state index is -0.595. The van der Waals surface area contributed by atoms with E-state index in [0.717, 1.165) is 5.56 Å². The van der Waals surface area contributed by atoms with E-state index in [2.05, 4.69) is 10.3 Å². The zero-order valence-corrected chi connectivity index (χ0v) is 10.3. The minimum Gasteiger partial charge on any atom is -0.381 e. The van der Waals surface area contributed by atoms with Crippen molar-refractivity contribution in [3.8, 4) is 0 Å². The fourth-order valence-electron chi connectivity index (χ4n) is 1.36. The van der Waals surface area contributed by atoms with Crippen molar-refractivity contribution in [2.75, 3.05) is 5.32 Å². The Balaban J connectivity index is 2.10. The summed E-state index contributed by atoms with van der Waals surface area (Å²) in [4.78, 5) is 3.92. The van der Waals surface area contributed by atoms with Crippen LogP contribution in [0.5, 0.6) is 0 Å². The molecule has 2 aromatic rings. The Kier molecular flexibility index (Phi) is 3.82. The molecule has 0 aliphatic heterocycles. The molecule has 1 aromatic heterocycles. The zero-order valence-electron chi connectivity index (χ0n) is 8.75. The number of nitrogens with zero attached hydrogens (tertiary/aromatic N) is 1. The SMILES string of the molecule is Fc1c(Cl)cc(NCc2ccncc2)cc1Cl. The molecule has 88 valence electrons. The van der Waals surface area contributed by atoms with Gasteiger partial charge in [0.15, 0.2) is 5.82 Å².